The van der Waals surface area contributed by atoms with Gasteiger partial charge in [0.25, 0.3) is 0 Å². The standard InChI is InChI=1S/C16H23NO2/c1-3-10-17-16(14-5-4-11-19-12-14)13-6-8-15(18-2)9-7-13/h6-9,12,16-17H,3-5,10-11H2,1-2H3. The van der Waals surface area contributed by atoms with Crippen molar-refractivity contribution in [2.24, 2.45) is 0 Å². The highest BCUT2D eigenvalue weighted by atomic mass is 16.5. The van der Waals surface area contributed by atoms with E-state index in [2.05, 4.69) is 24.4 Å². The molecule has 1 N–H and O–H groups in total. The first kappa shape index (κ1) is 13.9. The molecule has 19 heavy (non-hydrogen) atoms. The SMILES string of the molecule is CCCNC(C1=COCCC1)c1ccc(OC)cc1. The number of ether oxygens (including phenoxy) is 2. The molecule has 0 fully saturated rings. The minimum atomic E-state index is 0.256. The molecule has 1 atom stereocenters. The van der Waals surface area contributed by atoms with Gasteiger partial charge in [0.1, 0.15) is 5.75 Å². The highest BCUT2D eigenvalue weighted by Gasteiger charge is 2.18. The van der Waals surface area contributed by atoms with Crippen LogP contribution in [0.5, 0.6) is 5.75 Å². The van der Waals surface area contributed by atoms with Crippen molar-refractivity contribution in [1.82, 2.24) is 5.32 Å². The molecule has 0 saturated carbocycles. The smallest absolute Gasteiger partial charge is 0.118 e. The molecule has 1 aliphatic rings. The predicted molar refractivity (Wildman–Crippen MR) is 77.3 cm³/mol. The molecule has 1 unspecified atom stereocenters. The summed E-state index contributed by atoms with van der Waals surface area (Å²) in [4.78, 5) is 0. The molecular weight excluding hydrogens is 238 g/mol. The van der Waals surface area contributed by atoms with Crippen molar-refractivity contribution in [3.8, 4) is 5.75 Å². The van der Waals surface area contributed by atoms with Crippen molar-refractivity contribution >= 4 is 0 Å². The third-order valence-corrected chi connectivity index (χ3v) is 3.38. The van der Waals surface area contributed by atoms with E-state index in [4.69, 9.17) is 9.47 Å². The Morgan fingerprint density at radius 1 is 1.32 bits per heavy atom. The van der Waals surface area contributed by atoms with Crippen molar-refractivity contribution in [3.63, 3.8) is 0 Å². The van der Waals surface area contributed by atoms with E-state index in [0.717, 1.165) is 38.2 Å². The molecule has 0 saturated heterocycles. The van der Waals surface area contributed by atoms with Gasteiger partial charge in [-0.05, 0) is 49.1 Å². The predicted octanol–water partition coefficient (Wildman–Crippen LogP) is 3.43. The van der Waals surface area contributed by atoms with Crippen molar-refractivity contribution in [3.05, 3.63) is 41.7 Å². The maximum Gasteiger partial charge on any atom is 0.118 e. The van der Waals surface area contributed by atoms with E-state index in [1.165, 1.54) is 11.1 Å². The second-order valence-corrected chi connectivity index (χ2v) is 4.83. The molecule has 0 radical (unpaired) electrons. The Hall–Kier alpha value is -1.48. The van der Waals surface area contributed by atoms with Crippen LogP contribution in [-0.2, 0) is 4.74 Å². The van der Waals surface area contributed by atoms with Crippen molar-refractivity contribution in [2.45, 2.75) is 32.2 Å². The molecule has 104 valence electrons. The molecule has 2 rings (SSSR count). The first-order chi connectivity index (χ1) is 9.35. The van der Waals surface area contributed by atoms with E-state index in [-0.39, 0.29) is 6.04 Å². The fourth-order valence-corrected chi connectivity index (χ4v) is 2.34. The van der Waals surface area contributed by atoms with Gasteiger partial charge in [-0.15, -0.1) is 0 Å². The molecule has 3 heteroatoms. The Balaban J connectivity index is 2.17. The van der Waals surface area contributed by atoms with Gasteiger partial charge < -0.3 is 14.8 Å². The molecule has 0 amide bonds. The van der Waals surface area contributed by atoms with E-state index in [1.807, 2.05) is 18.4 Å². The van der Waals surface area contributed by atoms with Crippen molar-refractivity contribution in [1.29, 1.82) is 0 Å². The molecule has 0 bridgehead atoms. The summed E-state index contributed by atoms with van der Waals surface area (Å²) in [5.74, 6) is 0.895. The summed E-state index contributed by atoms with van der Waals surface area (Å²) in [6.45, 7) is 4.03. The summed E-state index contributed by atoms with van der Waals surface area (Å²) in [6, 6.07) is 8.54. The topological polar surface area (TPSA) is 30.5 Å². The van der Waals surface area contributed by atoms with Crippen molar-refractivity contribution < 1.29 is 9.47 Å². The van der Waals surface area contributed by atoms with E-state index in [9.17, 15) is 0 Å². The number of hydrogen-bond donors (Lipinski definition) is 1. The monoisotopic (exact) mass is 261 g/mol. The molecule has 3 nitrogen and oxygen atoms in total. The van der Waals surface area contributed by atoms with Crippen LogP contribution >= 0.6 is 0 Å². The van der Waals surface area contributed by atoms with Crippen LogP contribution in [0.4, 0.5) is 0 Å². The maximum atomic E-state index is 5.48. The fraction of sp³-hybridized carbons (Fsp3) is 0.500. The third-order valence-electron chi connectivity index (χ3n) is 3.38. The van der Waals surface area contributed by atoms with Gasteiger partial charge in [-0.1, -0.05) is 19.1 Å². The second-order valence-electron chi connectivity index (χ2n) is 4.83. The molecule has 0 aliphatic carbocycles. The van der Waals surface area contributed by atoms with Gasteiger partial charge in [0, 0.05) is 0 Å². The van der Waals surface area contributed by atoms with Crippen LogP contribution in [0.2, 0.25) is 0 Å². The summed E-state index contributed by atoms with van der Waals surface area (Å²) < 4.78 is 10.7. The Labute approximate surface area is 115 Å². The van der Waals surface area contributed by atoms with Gasteiger partial charge in [0.05, 0.1) is 26.0 Å². The van der Waals surface area contributed by atoms with E-state index >= 15 is 0 Å². The summed E-state index contributed by atoms with van der Waals surface area (Å²) in [5, 5.41) is 3.60. The van der Waals surface area contributed by atoms with E-state index < -0.39 is 0 Å². The molecule has 1 heterocycles. The lowest BCUT2D eigenvalue weighted by atomic mass is 9.95. The summed E-state index contributed by atoms with van der Waals surface area (Å²) in [7, 11) is 1.69. The van der Waals surface area contributed by atoms with Crippen LogP contribution in [0.25, 0.3) is 0 Å². The average molecular weight is 261 g/mol. The van der Waals surface area contributed by atoms with Gasteiger partial charge in [0.2, 0.25) is 0 Å². The number of benzene rings is 1. The number of rotatable bonds is 6. The lowest BCUT2D eigenvalue weighted by molar-refractivity contribution is 0.219. The zero-order valence-electron chi connectivity index (χ0n) is 11.8. The molecular formula is C16H23NO2. The highest BCUT2D eigenvalue weighted by molar-refractivity contribution is 5.33. The molecule has 1 aromatic carbocycles. The average Bonchev–Trinajstić information content (AvgIpc) is 2.49. The Morgan fingerprint density at radius 3 is 2.68 bits per heavy atom. The zero-order valence-corrected chi connectivity index (χ0v) is 11.8. The third kappa shape index (κ3) is 3.74. The van der Waals surface area contributed by atoms with Crippen LogP contribution in [0, 0.1) is 0 Å². The fourth-order valence-electron chi connectivity index (χ4n) is 2.34. The lowest BCUT2D eigenvalue weighted by Gasteiger charge is -2.25. The van der Waals surface area contributed by atoms with Crippen LogP contribution in [0.15, 0.2) is 36.1 Å². The normalized spacial score (nSPS) is 16.4. The van der Waals surface area contributed by atoms with Gasteiger partial charge in [-0.25, -0.2) is 0 Å². The lowest BCUT2D eigenvalue weighted by Crippen LogP contribution is -2.25. The Bertz CT molecular complexity index is 411. The first-order valence-corrected chi connectivity index (χ1v) is 7.03. The largest absolute Gasteiger partial charge is 0.501 e. The summed E-state index contributed by atoms with van der Waals surface area (Å²) in [6.07, 6.45) is 5.27. The minimum Gasteiger partial charge on any atom is -0.501 e. The Morgan fingerprint density at radius 2 is 2.11 bits per heavy atom. The van der Waals surface area contributed by atoms with E-state index in [1.54, 1.807) is 7.11 Å². The summed E-state index contributed by atoms with van der Waals surface area (Å²) in [5.41, 5.74) is 2.61. The van der Waals surface area contributed by atoms with Crippen molar-refractivity contribution in [2.75, 3.05) is 20.3 Å². The van der Waals surface area contributed by atoms with E-state index in [0.29, 0.717) is 0 Å². The quantitative estimate of drug-likeness (QED) is 0.851. The minimum absolute atomic E-state index is 0.256. The molecule has 0 aromatic heterocycles. The first-order valence-electron chi connectivity index (χ1n) is 7.03. The number of methoxy groups -OCH3 is 1. The van der Waals surface area contributed by atoms with Crippen LogP contribution in [-0.4, -0.2) is 20.3 Å². The van der Waals surface area contributed by atoms with Gasteiger partial charge in [-0.3, -0.25) is 0 Å². The number of nitrogens with one attached hydrogen (secondary N) is 1. The Kier molecular flexibility index (Phi) is 5.28. The van der Waals surface area contributed by atoms with Gasteiger partial charge >= 0.3 is 0 Å². The zero-order chi connectivity index (χ0) is 13.5. The highest BCUT2D eigenvalue weighted by Crippen LogP contribution is 2.28. The molecule has 1 aromatic rings. The maximum absolute atomic E-state index is 5.48. The van der Waals surface area contributed by atoms with Crippen LogP contribution < -0.4 is 10.1 Å². The van der Waals surface area contributed by atoms with Gasteiger partial charge in [0.15, 0.2) is 0 Å². The second kappa shape index (κ2) is 7.19. The molecule has 0 spiro atoms. The summed E-state index contributed by atoms with van der Waals surface area (Å²) >= 11 is 0. The molecule has 1 aliphatic heterocycles. The van der Waals surface area contributed by atoms with Crippen LogP contribution in [0.3, 0.4) is 0 Å². The van der Waals surface area contributed by atoms with Gasteiger partial charge in [-0.2, -0.15) is 0 Å². The van der Waals surface area contributed by atoms with Crippen LogP contribution in [0.1, 0.15) is 37.8 Å². The number of hydrogen-bond acceptors (Lipinski definition) is 3.